The lowest BCUT2D eigenvalue weighted by molar-refractivity contribution is 0.0528. The summed E-state index contributed by atoms with van der Waals surface area (Å²) in [5.41, 5.74) is 4.51. The van der Waals surface area contributed by atoms with Gasteiger partial charge in [0.1, 0.15) is 0 Å². The van der Waals surface area contributed by atoms with Gasteiger partial charge in [-0.15, -0.1) is 0 Å². The molecule has 2 rings (SSSR count). The predicted molar refractivity (Wildman–Crippen MR) is 73.7 cm³/mol. The van der Waals surface area contributed by atoms with Crippen LogP contribution in [-0.4, -0.2) is 12.6 Å². The Balaban J connectivity index is 2.63. The summed E-state index contributed by atoms with van der Waals surface area (Å²) in [6.45, 7) is 8.09. The van der Waals surface area contributed by atoms with Crippen molar-refractivity contribution in [1.82, 2.24) is 0 Å². The number of fused-ring (bicyclic) bond motifs is 1. The molecule has 0 aromatic heterocycles. The van der Waals surface area contributed by atoms with Crippen LogP contribution in [0.15, 0.2) is 43.0 Å². The summed E-state index contributed by atoms with van der Waals surface area (Å²) in [4.78, 5) is 11.9. The third-order valence-corrected chi connectivity index (χ3v) is 2.86. The summed E-state index contributed by atoms with van der Waals surface area (Å²) < 4.78 is 5.09. The first-order valence-electron chi connectivity index (χ1n) is 6.00. The molecule has 0 amide bonds. The van der Waals surface area contributed by atoms with E-state index in [1.165, 1.54) is 0 Å². The molecule has 0 aromatic carbocycles. The molecule has 0 bridgehead atoms. The SMILES string of the molecule is C=C(C)c1cc(C(=O)OCC)c2cccccc1-2. The standard InChI is InChI=1S/C16H16O2/c1-4-18-16(17)15-10-14(11(2)3)12-8-6-5-7-9-13(12)15/h5-10H,2,4H2,1,3H3. The first kappa shape index (κ1) is 12.4. The van der Waals surface area contributed by atoms with E-state index in [1.807, 2.05) is 50.2 Å². The Morgan fingerprint density at radius 1 is 1.17 bits per heavy atom. The molecule has 2 aliphatic rings. The first-order valence-corrected chi connectivity index (χ1v) is 6.00. The van der Waals surface area contributed by atoms with E-state index in [1.54, 1.807) is 0 Å². The van der Waals surface area contributed by atoms with Crippen molar-refractivity contribution < 1.29 is 9.53 Å². The fourth-order valence-electron chi connectivity index (χ4n) is 2.05. The average Bonchev–Trinajstić information content (AvgIpc) is 2.53. The van der Waals surface area contributed by atoms with E-state index in [2.05, 4.69) is 6.58 Å². The second kappa shape index (κ2) is 5.05. The van der Waals surface area contributed by atoms with Gasteiger partial charge in [-0.25, -0.2) is 4.79 Å². The maximum Gasteiger partial charge on any atom is 0.338 e. The molecule has 0 radical (unpaired) electrons. The number of ether oxygens (including phenoxy) is 1. The van der Waals surface area contributed by atoms with Crippen LogP contribution in [0.4, 0.5) is 0 Å². The Morgan fingerprint density at radius 2 is 1.78 bits per heavy atom. The maximum atomic E-state index is 11.9. The highest BCUT2D eigenvalue weighted by Gasteiger charge is 2.20. The van der Waals surface area contributed by atoms with Gasteiger partial charge in [0.15, 0.2) is 0 Å². The topological polar surface area (TPSA) is 26.3 Å². The van der Waals surface area contributed by atoms with Gasteiger partial charge < -0.3 is 4.74 Å². The Hall–Kier alpha value is -2.09. The molecule has 0 fully saturated rings. The lowest BCUT2D eigenvalue weighted by atomic mass is 10.0. The molecule has 18 heavy (non-hydrogen) atoms. The van der Waals surface area contributed by atoms with Gasteiger partial charge >= 0.3 is 5.97 Å². The summed E-state index contributed by atoms with van der Waals surface area (Å²) in [6.07, 6.45) is 0. The fraction of sp³-hybridized carbons (Fsp3) is 0.188. The third kappa shape index (κ3) is 2.14. The van der Waals surface area contributed by atoms with Crippen LogP contribution < -0.4 is 0 Å². The van der Waals surface area contributed by atoms with Crippen molar-refractivity contribution in [2.45, 2.75) is 13.8 Å². The quantitative estimate of drug-likeness (QED) is 0.758. The minimum atomic E-state index is -0.277. The number of carbonyl (C=O) groups is 1. The molecular formula is C16H16O2. The van der Waals surface area contributed by atoms with E-state index in [4.69, 9.17) is 4.74 Å². The Kier molecular flexibility index (Phi) is 3.47. The van der Waals surface area contributed by atoms with E-state index in [0.29, 0.717) is 12.2 Å². The van der Waals surface area contributed by atoms with Crippen molar-refractivity contribution in [1.29, 1.82) is 0 Å². The molecule has 2 aliphatic carbocycles. The van der Waals surface area contributed by atoms with Crippen molar-refractivity contribution >= 4 is 11.5 Å². The van der Waals surface area contributed by atoms with Crippen LogP contribution in [0.25, 0.3) is 16.7 Å². The zero-order valence-electron chi connectivity index (χ0n) is 10.7. The summed E-state index contributed by atoms with van der Waals surface area (Å²) in [6, 6.07) is 11.6. The molecule has 0 aromatic rings. The lowest BCUT2D eigenvalue weighted by Crippen LogP contribution is -2.03. The highest BCUT2D eigenvalue weighted by atomic mass is 16.5. The van der Waals surface area contributed by atoms with Crippen LogP contribution in [0.2, 0.25) is 0 Å². The zero-order chi connectivity index (χ0) is 13.1. The van der Waals surface area contributed by atoms with Gasteiger partial charge in [-0.2, -0.15) is 0 Å². The second-order valence-corrected chi connectivity index (χ2v) is 4.21. The van der Waals surface area contributed by atoms with Crippen LogP contribution in [0.3, 0.4) is 0 Å². The van der Waals surface area contributed by atoms with Crippen molar-refractivity contribution in [3.8, 4) is 11.1 Å². The van der Waals surface area contributed by atoms with Crippen LogP contribution in [0.5, 0.6) is 0 Å². The molecular weight excluding hydrogens is 224 g/mol. The van der Waals surface area contributed by atoms with Gasteiger partial charge in [0.2, 0.25) is 0 Å². The normalized spacial score (nSPS) is 10.3. The van der Waals surface area contributed by atoms with Crippen molar-refractivity contribution in [3.05, 3.63) is 54.1 Å². The Labute approximate surface area is 107 Å². The van der Waals surface area contributed by atoms with Crippen LogP contribution in [0, 0.1) is 0 Å². The van der Waals surface area contributed by atoms with Gasteiger partial charge in [-0.05, 0) is 36.6 Å². The summed E-state index contributed by atoms with van der Waals surface area (Å²) in [7, 11) is 0. The number of hydrogen-bond acceptors (Lipinski definition) is 2. The summed E-state index contributed by atoms with van der Waals surface area (Å²) >= 11 is 0. The van der Waals surface area contributed by atoms with E-state index in [9.17, 15) is 4.79 Å². The van der Waals surface area contributed by atoms with E-state index >= 15 is 0 Å². The Bertz CT molecular complexity index is 569. The highest BCUT2D eigenvalue weighted by molar-refractivity contribution is 6.02. The molecule has 0 unspecified atom stereocenters. The fourth-order valence-corrected chi connectivity index (χ4v) is 2.05. The number of rotatable bonds is 3. The van der Waals surface area contributed by atoms with Crippen LogP contribution in [0.1, 0.15) is 29.8 Å². The van der Waals surface area contributed by atoms with E-state index < -0.39 is 0 Å². The van der Waals surface area contributed by atoms with E-state index in [-0.39, 0.29) is 5.97 Å². The predicted octanol–water partition coefficient (Wildman–Crippen LogP) is 4.00. The van der Waals surface area contributed by atoms with Gasteiger partial charge in [-0.1, -0.05) is 42.5 Å². The molecule has 0 saturated heterocycles. The van der Waals surface area contributed by atoms with Gasteiger partial charge in [0.25, 0.3) is 0 Å². The molecule has 0 saturated carbocycles. The molecule has 0 heterocycles. The second-order valence-electron chi connectivity index (χ2n) is 4.21. The van der Waals surface area contributed by atoms with Gasteiger partial charge in [-0.3, -0.25) is 0 Å². The molecule has 92 valence electrons. The number of esters is 1. The maximum absolute atomic E-state index is 11.9. The smallest absolute Gasteiger partial charge is 0.338 e. The molecule has 0 atom stereocenters. The number of allylic oxidation sites excluding steroid dienone is 1. The van der Waals surface area contributed by atoms with Crippen molar-refractivity contribution in [2.24, 2.45) is 0 Å². The van der Waals surface area contributed by atoms with Crippen molar-refractivity contribution in [2.75, 3.05) is 6.61 Å². The van der Waals surface area contributed by atoms with Gasteiger partial charge in [0, 0.05) is 0 Å². The summed E-state index contributed by atoms with van der Waals surface area (Å²) in [5, 5.41) is 0. The minimum Gasteiger partial charge on any atom is -0.462 e. The Morgan fingerprint density at radius 3 is 2.33 bits per heavy atom. The molecule has 0 N–H and O–H groups in total. The van der Waals surface area contributed by atoms with Crippen LogP contribution >= 0.6 is 0 Å². The summed E-state index contributed by atoms with van der Waals surface area (Å²) in [5.74, 6) is -0.277. The average molecular weight is 240 g/mol. The van der Waals surface area contributed by atoms with Crippen molar-refractivity contribution in [3.63, 3.8) is 0 Å². The third-order valence-electron chi connectivity index (χ3n) is 2.86. The lowest BCUT2D eigenvalue weighted by Gasteiger charge is -2.01. The van der Waals surface area contributed by atoms with Crippen LogP contribution in [-0.2, 0) is 4.74 Å². The molecule has 0 spiro atoms. The highest BCUT2D eigenvalue weighted by Crippen LogP contribution is 2.35. The first-order chi connectivity index (χ1) is 8.65. The molecule has 0 aliphatic heterocycles. The minimum absolute atomic E-state index is 0.277. The molecule has 2 heteroatoms. The van der Waals surface area contributed by atoms with Gasteiger partial charge in [0.05, 0.1) is 12.2 Å². The molecule has 2 nitrogen and oxygen atoms in total. The number of hydrogen-bond donors (Lipinski definition) is 0. The zero-order valence-corrected chi connectivity index (χ0v) is 10.7. The van der Waals surface area contributed by atoms with E-state index in [0.717, 1.165) is 22.3 Å². The monoisotopic (exact) mass is 240 g/mol. The number of carbonyl (C=O) groups excluding carboxylic acids is 1. The largest absolute Gasteiger partial charge is 0.462 e.